The molecule has 0 aliphatic carbocycles. The van der Waals surface area contributed by atoms with Crippen LogP contribution in [0, 0.1) is 5.92 Å². The standard InChI is InChI=1S/C14H21Cl2N3/c1-11(2)9-18-3-5-19(6-4-18)10-12-8-17-14(16)7-13(12)15/h7-8,11H,3-6,9-10H2,1-2H3. The van der Waals surface area contributed by atoms with Crippen LogP contribution in [0.1, 0.15) is 19.4 Å². The molecule has 0 amide bonds. The van der Waals surface area contributed by atoms with E-state index in [0.29, 0.717) is 10.2 Å². The van der Waals surface area contributed by atoms with Crippen LogP contribution in [0.5, 0.6) is 0 Å². The van der Waals surface area contributed by atoms with Gasteiger partial charge in [0.25, 0.3) is 0 Å². The smallest absolute Gasteiger partial charge is 0.130 e. The summed E-state index contributed by atoms with van der Waals surface area (Å²) in [5.74, 6) is 0.737. The van der Waals surface area contributed by atoms with Crippen LogP contribution in [0.4, 0.5) is 0 Å². The predicted octanol–water partition coefficient (Wildman–Crippen LogP) is 3.16. The second-order valence-electron chi connectivity index (χ2n) is 5.57. The van der Waals surface area contributed by atoms with Crippen LogP contribution in [0.2, 0.25) is 10.2 Å². The predicted molar refractivity (Wildman–Crippen MR) is 80.8 cm³/mol. The minimum Gasteiger partial charge on any atom is -0.301 e. The van der Waals surface area contributed by atoms with Crippen LogP contribution < -0.4 is 0 Å². The molecule has 2 heterocycles. The van der Waals surface area contributed by atoms with Gasteiger partial charge in [-0.3, -0.25) is 4.90 Å². The van der Waals surface area contributed by atoms with Gasteiger partial charge in [0.1, 0.15) is 5.15 Å². The fourth-order valence-corrected chi connectivity index (χ4v) is 2.87. The van der Waals surface area contributed by atoms with Gasteiger partial charge in [-0.2, -0.15) is 0 Å². The molecule has 1 aliphatic heterocycles. The fraction of sp³-hybridized carbons (Fsp3) is 0.643. The Balaban J connectivity index is 1.85. The van der Waals surface area contributed by atoms with Crippen LogP contribution >= 0.6 is 23.2 Å². The molecule has 1 fully saturated rings. The lowest BCUT2D eigenvalue weighted by Crippen LogP contribution is -2.46. The first-order valence-electron chi connectivity index (χ1n) is 6.79. The van der Waals surface area contributed by atoms with E-state index < -0.39 is 0 Å². The van der Waals surface area contributed by atoms with Crippen LogP contribution in [0.25, 0.3) is 0 Å². The molecule has 0 N–H and O–H groups in total. The lowest BCUT2D eigenvalue weighted by Gasteiger charge is -2.35. The molecule has 1 aliphatic rings. The number of halogens is 2. The van der Waals surface area contributed by atoms with E-state index in [1.807, 2.05) is 0 Å². The molecule has 0 bridgehead atoms. The maximum atomic E-state index is 6.18. The highest BCUT2D eigenvalue weighted by atomic mass is 35.5. The Kier molecular flexibility index (Phi) is 5.46. The van der Waals surface area contributed by atoms with E-state index in [0.717, 1.165) is 44.2 Å². The van der Waals surface area contributed by atoms with Crippen LogP contribution in [-0.2, 0) is 6.54 Å². The number of aromatic nitrogens is 1. The summed E-state index contributed by atoms with van der Waals surface area (Å²) in [6, 6.07) is 1.72. The van der Waals surface area contributed by atoms with Gasteiger partial charge in [0.2, 0.25) is 0 Å². The summed E-state index contributed by atoms with van der Waals surface area (Å²) < 4.78 is 0. The van der Waals surface area contributed by atoms with E-state index in [1.165, 1.54) is 6.54 Å². The Hall–Kier alpha value is -0.350. The van der Waals surface area contributed by atoms with E-state index in [1.54, 1.807) is 12.3 Å². The van der Waals surface area contributed by atoms with E-state index in [9.17, 15) is 0 Å². The van der Waals surface area contributed by atoms with Gasteiger partial charge in [-0.25, -0.2) is 4.98 Å². The number of rotatable bonds is 4. The maximum absolute atomic E-state index is 6.18. The molecule has 1 aromatic rings. The van der Waals surface area contributed by atoms with Gasteiger partial charge in [0.05, 0.1) is 0 Å². The highest BCUT2D eigenvalue weighted by Crippen LogP contribution is 2.20. The molecular weight excluding hydrogens is 281 g/mol. The molecule has 1 aromatic heterocycles. The molecule has 1 saturated heterocycles. The average molecular weight is 302 g/mol. The van der Waals surface area contributed by atoms with Crippen molar-refractivity contribution in [2.45, 2.75) is 20.4 Å². The summed E-state index contributed by atoms with van der Waals surface area (Å²) in [6.45, 7) is 11.0. The monoisotopic (exact) mass is 301 g/mol. The van der Waals surface area contributed by atoms with Crippen molar-refractivity contribution in [3.63, 3.8) is 0 Å². The van der Waals surface area contributed by atoms with Gasteiger partial charge in [0, 0.05) is 56.1 Å². The van der Waals surface area contributed by atoms with Crippen LogP contribution in [0.15, 0.2) is 12.3 Å². The van der Waals surface area contributed by atoms with E-state index in [4.69, 9.17) is 23.2 Å². The third kappa shape index (κ3) is 4.60. The second-order valence-corrected chi connectivity index (χ2v) is 6.36. The quantitative estimate of drug-likeness (QED) is 0.796. The summed E-state index contributed by atoms with van der Waals surface area (Å²) in [4.78, 5) is 9.06. The van der Waals surface area contributed by atoms with Gasteiger partial charge in [-0.05, 0) is 12.0 Å². The largest absolute Gasteiger partial charge is 0.301 e. The fourth-order valence-electron chi connectivity index (χ4n) is 2.44. The number of nitrogens with zero attached hydrogens (tertiary/aromatic N) is 3. The Bertz CT molecular complexity index is 415. The third-order valence-electron chi connectivity index (χ3n) is 3.38. The molecule has 0 unspecified atom stereocenters. The van der Waals surface area contributed by atoms with Gasteiger partial charge >= 0.3 is 0 Å². The summed E-state index contributed by atoms with van der Waals surface area (Å²) in [7, 11) is 0. The number of hydrogen-bond donors (Lipinski definition) is 0. The molecule has 0 atom stereocenters. The Labute approximate surface area is 125 Å². The zero-order chi connectivity index (χ0) is 13.8. The molecule has 5 heteroatoms. The Morgan fingerprint density at radius 2 is 1.79 bits per heavy atom. The van der Waals surface area contributed by atoms with Crippen LogP contribution in [-0.4, -0.2) is 47.5 Å². The van der Waals surface area contributed by atoms with Crippen molar-refractivity contribution in [3.05, 3.63) is 28.0 Å². The molecule has 3 nitrogen and oxygen atoms in total. The highest BCUT2D eigenvalue weighted by Gasteiger charge is 2.18. The molecular formula is C14H21Cl2N3. The van der Waals surface area contributed by atoms with Crippen molar-refractivity contribution in [3.8, 4) is 0 Å². The first-order valence-corrected chi connectivity index (χ1v) is 7.55. The van der Waals surface area contributed by atoms with Gasteiger partial charge in [0.15, 0.2) is 0 Å². The summed E-state index contributed by atoms with van der Waals surface area (Å²) >= 11 is 12.0. The lowest BCUT2D eigenvalue weighted by atomic mass is 10.2. The van der Waals surface area contributed by atoms with E-state index in [-0.39, 0.29) is 0 Å². The van der Waals surface area contributed by atoms with Crippen molar-refractivity contribution in [2.75, 3.05) is 32.7 Å². The molecule has 0 spiro atoms. The molecule has 106 valence electrons. The van der Waals surface area contributed by atoms with Crippen molar-refractivity contribution >= 4 is 23.2 Å². The summed E-state index contributed by atoms with van der Waals surface area (Å²) in [5.41, 5.74) is 1.06. The Morgan fingerprint density at radius 1 is 1.16 bits per heavy atom. The number of pyridine rings is 1. The molecule has 19 heavy (non-hydrogen) atoms. The minimum absolute atomic E-state index is 0.454. The third-order valence-corrected chi connectivity index (χ3v) is 3.94. The van der Waals surface area contributed by atoms with Crippen LogP contribution in [0.3, 0.4) is 0 Å². The first kappa shape index (κ1) is 15.0. The zero-order valence-corrected chi connectivity index (χ0v) is 13.1. The molecule has 0 radical (unpaired) electrons. The molecule has 0 saturated carbocycles. The van der Waals surface area contributed by atoms with Crippen molar-refractivity contribution in [1.29, 1.82) is 0 Å². The SMILES string of the molecule is CC(C)CN1CCN(Cc2cnc(Cl)cc2Cl)CC1. The molecule has 0 aromatic carbocycles. The Morgan fingerprint density at radius 3 is 2.37 bits per heavy atom. The minimum atomic E-state index is 0.454. The topological polar surface area (TPSA) is 19.4 Å². The van der Waals surface area contributed by atoms with Gasteiger partial charge < -0.3 is 4.90 Å². The summed E-state index contributed by atoms with van der Waals surface area (Å²) in [5, 5.41) is 1.17. The second kappa shape index (κ2) is 6.89. The first-order chi connectivity index (χ1) is 9.04. The highest BCUT2D eigenvalue weighted by molar-refractivity contribution is 6.34. The zero-order valence-electron chi connectivity index (χ0n) is 11.6. The molecule has 2 rings (SSSR count). The average Bonchev–Trinajstić information content (AvgIpc) is 2.34. The number of piperazine rings is 1. The van der Waals surface area contributed by atoms with Crippen molar-refractivity contribution in [2.24, 2.45) is 5.92 Å². The lowest BCUT2D eigenvalue weighted by molar-refractivity contribution is 0.117. The normalized spacial score (nSPS) is 18.2. The van der Waals surface area contributed by atoms with Gasteiger partial charge in [-0.15, -0.1) is 0 Å². The van der Waals surface area contributed by atoms with E-state index in [2.05, 4.69) is 28.6 Å². The number of hydrogen-bond acceptors (Lipinski definition) is 3. The van der Waals surface area contributed by atoms with Crippen molar-refractivity contribution < 1.29 is 0 Å². The summed E-state index contributed by atoms with van der Waals surface area (Å²) in [6.07, 6.45) is 1.78. The maximum Gasteiger partial charge on any atom is 0.130 e. The van der Waals surface area contributed by atoms with Crippen molar-refractivity contribution in [1.82, 2.24) is 14.8 Å². The van der Waals surface area contributed by atoms with E-state index >= 15 is 0 Å². The van der Waals surface area contributed by atoms with Gasteiger partial charge in [-0.1, -0.05) is 37.0 Å².